The zero-order chi connectivity index (χ0) is 32.8. The predicted molar refractivity (Wildman–Crippen MR) is 153 cm³/mol. The Morgan fingerprint density at radius 3 is 2.16 bits per heavy atom. The molecule has 3 heterocycles. The second kappa shape index (κ2) is 13.6. The molecule has 0 aliphatic carbocycles. The number of urea groups is 1. The zero-order valence-electron chi connectivity index (χ0n) is 22.6. The molecule has 1 aliphatic heterocycles. The van der Waals surface area contributed by atoms with Crippen LogP contribution in [0.4, 0.5) is 65.8 Å². The van der Waals surface area contributed by atoms with Gasteiger partial charge in [0.05, 0.1) is 6.20 Å². The van der Waals surface area contributed by atoms with Gasteiger partial charge in [0.1, 0.15) is 10.8 Å². The number of hydrogen-bond donors (Lipinski definition) is 4. The van der Waals surface area contributed by atoms with E-state index in [1.165, 1.54) is 0 Å². The highest BCUT2D eigenvalue weighted by molar-refractivity contribution is 6.41. The molecule has 2 amide bonds. The van der Waals surface area contributed by atoms with Gasteiger partial charge in [-0.15, -0.1) is 0 Å². The summed E-state index contributed by atoms with van der Waals surface area (Å²) in [5.74, 6) is -5.40. The van der Waals surface area contributed by atoms with Crippen LogP contribution in [0.25, 0.3) is 0 Å². The maximum atomic E-state index is 12.6. The molecular weight excluding hydrogens is 632 g/mol. The van der Waals surface area contributed by atoms with Crippen LogP contribution in [0.15, 0.2) is 73.1 Å². The first-order chi connectivity index (χ1) is 21.2. The number of pyridine rings is 1. The van der Waals surface area contributed by atoms with E-state index in [1.807, 2.05) is 36.4 Å². The van der Waals surface area contributed by atoms with Gasteiger partial charge in [-0.05, 0) is 66.4 Å². The fraction of sp³-hybridized carbons (Fsp3) is 0.143. The number of alkyl halides is 6. The minimum Gasteiger partial charge on any atom is -0.339 e. The number of anilines is 6. The van der Waals surface area contributed by atoms with Gasteiger partial charge in [-0.25, -0.2) is 14.8 Å². The monoisotopic (exact) mass is 651 g/mol. The molecule has 2 aromatic carbocycles. The van der Waals surface area contributed by atoms with Gasteiger partial charge in [0.15, 0.2) is 5.82 Å². The van der Waals surface area contributed by atoms with Gasteiger partial charge in [-0.2, -0.15) is 31.3 Å². The van der Waals surface area contributed by atoms with Crippen LogP contribution in [0.5, 0.6) is 0 Å². The molecule has 1 aliphatic rings. The maximum absolute atomic E-state index is 12.6. The number of ketones is 2. The number of hydrogen-bond acceptors (Lipinski definition) is 8. The van der Waals surface area contributed by atoms with E-state index in [0.29, 0.717) is 28.3 Å². The summed E-state index contributed by atoms with van der Waals surface area (Å²) in [6, 6.07) is 18.8. The van der Waals surface area contributed by atoms with Crippen molar-refractivity contribution >= 4 is 63.8 Å². The first-order valence-corrected chi connectivity index (χ1v) is 13.1. The molecule has 0 spiro atoms. The van der Waals surface area contributed by atoms with Gasteiger partial charge in [0.2, 0.25) is 5.95 Å². The molecule has 5 rings (SSSR count). The second-order valence-corrected chi connectivity index (χ2v) is 9.57. The average Bonchev–Trinajstić information content (AvgIpc) is 2.98. The maximum Gasteiger partial charge on any atom is 0.458 e. The van der Waals surface area contributed by atoms with Gasteiger partial charge >= 0.3 is 30.0 Å². The third-order valence-electron chi connectivity index (χ3n) is 5.85. The summed E-state index contributed by atoms with van der Waals surface area (Å²) in [4.78, 5) is 44.7. The molecule has 6 bridgehead atoms. The molecule has 0 fully saturated rings. The second-order valence-electron chi connectivity index (χ2n) is 9.16. The minimum absolute atomic E-state index is 0.358. The number of carbonyl (C=O) groups excluding carboxylic acids is 3. The van der Waals surface area contributed by atoms with Crippen molar-refractivity contribution in [3.05, 3.63) is 89.2 Å². The van der Waals surface area contributed by atoms with Crippen molar-refractivity contribution in [2.24, 2.45) is 0 Å². The van der Waals surface area contributed by atoms with Crippen LogP contribution in [0.3, 0.4) is 0 Å². The van der Waals surface area contributed by atoms with Gasteiger partial charge in [0.25, 0.3) is 0 Å². The summed E-state index contributed by atoms with van der Waals surface area (Å²) in [5, 5.41) is 12.6. The Balaban J connectivity index is 0.000000328. The highest BCUT2D eigenvalue weighted by atomic mass is 35.5. The Morgan fingerprint density at radius 1 is 0.778 bits per heavy atom. The first kappa shape index (κ1) is 32.7. The van der Waals surface area contributed by atoms with Crippen LogP contribution in [0.1, 0.15) is 11.1 Å². The molecule has 45 heavy (non-hydrogen) atoms. The summed E-state index contributed by atoms with van der Waals surface area (Å²) in [6.45, 7) is 0. The lowest BCUT2D eigenvalue weighted by atomic mass is 10.0. The van der Waals surface area contributed by atoms with Crippen molar-refractivity contribution in [2.45, 2.75) is 25.2 Å². The van der Waals surface area contributed by atoms with Crippen molar-refractivity contribution in [2.75, 3.05) is 21.3 Å². The zero-order valence-corrected chi connectivity index (χ0v) is 23.3. The van der Waals surface area contributed by atoms with Crippen molar-refractivity contribution in [1.82, 2.24) is 15.0 Å². The van der Waals surface area contributed by atoms with Crippen LogP contribution in [-0.4, -0.2) is 44.9 Å². The molecule has 17 heteroatoms. The molecule has 0 radical (unpaired) electrons. The molecule has 0 saturated carbocycles. The largest absolute Gasteiger partial charge is 0.458 e. The van der Waals surface area contributed by atoms with Crippen LogP contribution in [-0.2, 0) is 22.4 Å². The molecule has 4 N–H and O–H groups in total. The summed E-state index contributed by atoms with van der Waals surface area (Å²) in [7, 11) is 0. The number of fused-ring (bicyclic) bond motifs is 6. The van der Waals surface area contributed by atoms with E-state index in [4.69, 9.17) is 11.6 Å². The number of Topliss-reactive ketones (excluding diaryl/α,β-unsaturated/α-hetero) is 2. The van der Waals surface area contributed by atoms with Gasteiger partial charge in [-0.3, -0.25) is 14.9 Å². The lowest BCUT2D eigenvalue weighted by Gasteiger charge is -2.15. The topological polar surface area (TPSA) is 138 Å². The Bertz CT molecular complexity index is 1700. The van der Waals surface area contributed by atoms with Gasteiger partial charge in [-0.1, -0.05) is 29.8 Å². The molecule has 234 valence electrons. The standard InChI is InChI=1S/C24H20ClN7O.C4F6O2/c25-19-14-27-23-29-17-5-3-4-15(12-17)7-8-16-13-18(28-22(19)32-23)9-10-20(16)30-24(33)31-21-6-1-2-11-26-21;5-3(6,7)1(11)2(12)4(8,9)10/h1-6,9-14H,7-8H2,(H2,26,30,31,33)(H2,27,28,29,32);. The van der Waals surface area contributed by atoms with E-state index in [0.717, 1.165) is 35.3 Å². The third kappa shape index (κ3) is 9.12. The molecular formula is C28H20ClF6N7O3. The Morgan fingerprint density at radius 2 is 1.49 bits per heavy atom. The first-order valence-electron chi connectivity index (χ1n) is 12.7. The van der Waals surface area contributed by atoms with Crippen LogP contribution in [0, 0.1) is 0 Å². The summed E-state index contributed by atoms with van der Waals surface area (Å²) >= 11 is 6.32. The smallest absolute Gasteiger partial charge is 0.339 e. The fourth-order valence-corrected chi connectivity index (χ4v) is 3.97. The summed E-state index contributed by atoms with van der Waals surface area (Å²) in [5.41, 5.74) is 4.53. The number of benzene rings is 2. The van der Waals surface area contributed by atoms with Gasteiger partial charge < -0.3 is 16.0 Å². The van der Waals surface area contributed by atoms with E-state index in [2.05, 4.69) is 48.4 Å². The molecule has 0 atom stereocenters. The lowest BCUT2D eigenvalue weighted by molar-refractivity contribution is -0.193. The van der Waals surface area contributed by atoms with E-state index in [9.17, 15) is 40.7 Å². The van der Waals surface area contributed by atoms with Crippen molar-refractivity contribution < 1.29 is 40.7 Å². The van der Waals surface area contributed by atoms with Crippen LogP contribution in [0.2, 0.25) is 5.02 Å². The molecule has 0 saturated heterocycles. The third-order valence-corrected chi connectivity index (χ3v) is 6.13. The quantitative estimate of drug-likeness (QED) is 0.137. The highest BCUT2D eigenvalue weighted by Gasteiger charge is 2.54. The number of aromatic nitrogens is 3. The molecule has 2 aromatic heterocycles. The van der Waals surface area contributed by atoms with Crippen molar-refractivity contribution in [1.29, 1.82) is 0 Å². The number of aryl methyl sites for hydroxylation is 2. The Labute approximate surface area is 255 Å². The van der Waals surface area contributed by atoms with Crippen LogP contribution >= 0.6 is 11.6 Å². The van der Waals surface area contributed by atoms with Crippen LogP contribution < -0.4 is 21.3 Å². The normalized spacial score (nSPS) is 12.3. The number of nitrogens with one attached hydrogen (secondary N) is 4. The number of halogens is 7. The molecule has 4 aromatic rings. The molecule has 0 unspecified atom stereocenters. The minimum atomic E-state index is -5.77. The van der Waals surface area contributed by atoms with E-state index < -0.39 is 23.9 Å². The highest BCUT2D eigenvalue weighted by Crippen LogP contribution is 2.30. The number of nitrogens with zero attached hydrogens (tertiary/aromatic N) is 3. The lowest BCUT2D eigenvalue weighted by Crippen LogP contribution is -2.39. The average molecular weight is 652 g/mol. The Hall–Kier alpha value is -5.25. The number of rotatable bonds is 3. The molecule has 10 nitrogen and oxygen atoms in total. The van der Waals surface area contributed by atoms with E-state index >= 15 is 0 Å². The van der Waals surface area contributed by atoms with Gasteiger partial charge in [0, 0.05) is 23.3 Å². The van der Waals surface area contributed by atoms with Crippen molar-refractivity contribution in [3.8, 4) is 0 Å². The van der Waals surface area contributed by atoms with E-state index in [1.54, 1.807) is 24.5 Å². The van der Waals surface area contributed by atoms with Crippen molar-refractivity contribution in [3.63, 3.8) is 0 Å². The number of amides is 2. The van der Waals surface area contributed by atoms with E-state index in [-0.39, 0.29) is 6.03 Å². The SMILES string of the molecule is O=C(C(=O)C(F)(F)F)C(F)(F)F.O=C(Nc1ccccn1)Nc1ccc2cc1CCc1cccc(c1)Nc1ncc(Cl)c(n1)N2. The predicted octanol–water partition coefficient (Wildman–Crippen LogP) is 7.00. The summed E-state index contributed by atoms with van der Waals surface area (Å²) < 4.78 is 67.0. The fourth-order valence-electron chi connectivity index (χ4n) is 3.83. The summed E-state index contributed by atoms with van der Waals surface area (Å²) in [6.07, 6.45) is -6.86. The number of carbonyl (C=O) groups is 3. The Kier molecular flexibility index (Phi) is 9.86.